The number of hydrogen-bond donors (Lipinski definition) is 0. The van der Waals surface area contributed by atoms with Gasteiger partial charge in [-0.3, -0.25) is 4.79 Å². The maximum absolute atomic E-state index is 13.0. The number of carbonyl (C=O) groups excluding carboxylic acids is 1. The van der Waals surface area contributed by atoms with Gasteiger partial charge in [0.15, 0.2) is 5.78 Å². The minimum Gasteiger partial charge on any atom is -0.439 e. The fraction of sp³-hybridized carbons (Fsp3) is 0.0476. The highest BCUT2D eigenvalue weighted by Crippen LogP contribution is 2.20. The summed E-state index contributed by atoms with van der Waals surface area (Å²) in [5, 5.41) is 7.77. The van der Waals surface area contributed by atoms with Crippen LogP contribution < -0.4 is 4.74 Å². The van der Waals surface area contributed by atoms with E-state index in [1.807, 2.05) is 30.3 Å². The van der Waals surface area contributed by atoms with Gasteiger partial charge in [-0.05, 0) is 42.5 Å². The summed E-state index contributed by atoms with van der Waals surface area (Å²) in [5.41, 5.74) is 0.985. The largest absolute Gasteiger partial charge is 0.439 e. The van der Waals surface area contributed by atoms with Crippen molar-refractivity contribution in [2.24, 2.45) is 0 Å². The van der Waals surface area contributed by atoms with Gasteiger partial charge in [0.2, 0.25) is 17.7 Å². The predicted octanol–water partition coefficient (Wildman–Crippen LogP) is 4.49. The molecule has 0 aliphatic rings. The Labute approximate surface area is 159 Å². The Hall–Kier alpha value is -3.87. The van der Waals surface area contributed by atoms with Gasteiger partial charge in [-0.25, -0.2) is 9.37 Å². The van der Waals surface area contributed by atoms with E-state index in [1.54, 1.807) is 12.1 Å². The van der Waals surface area contributed by atoms with Gasteiger partial charge >= 0.3 is 0 Å². The molecule has 0 amide bonds. The molecule has 0 atom stereocenters. The second kappa shape index (κ2) is 7.79. The first-order valence-electron chi connectivity index (χ1n) is 8.48. The number of halogens is 1. The van der Waals surface area contributed by atoms with Crippen molar-refractivity contribution < 1.29 is 18.3 Å². The number of nitrogens with zero attached hydrogens (tertiary/aromatic N) is 3. The first-order valence-corrected chi connectivity index (χ1v) is 8.48. The van der Waals surface area contributed by atoms with Crippen LogP contribution in [0.2, 0.25) is 0 Å². The summed E-state index contributed by atoms with van der Waals surface area (Å²) in [6.45, 7) is 0. The molecule has 0 aliphatic heterocycles. The van der Waals surface area contributed by atoms with Crippen LogP contribution in [0.25, 0.3) is 11.5 Å². The Kier molecular flexibility index (Phi) is 4.88. The highest BCUT2D eigenvalue weighted by Gasteiger charge is 2.14. The molecule has 0 saturated carbocycles. The van der Waals surface area contributed by atoms with E-state index in [0.29, 0.717) is 22.8 Å². The average molecular weight is 375 g/mol. The molecular formula is C21H14FN3O3. The SMILES string of the molecule is O=C(Cc1nnc(-c2ccc(F)cc2)o1)c1ccc(Oc2ccccc2)nc1. The number of ketones is 1. The Morgan fingerprint density at radius 2 is 1.75 bits per heavy atom. The minimum absolute atomic E-state index is 0.0608. The Morgan fingerprint density at radius 1 is 0.964 bits per heavy atom. The Balaban J connectivity index is 1.42. The molecule has 4 rings (SSSR count). The van der Waals surface area contributed by atoms with Crippen molar-refractivity contribution in [1.29, 1.82) is 0 Å². The predicted molar refractivity (Wildman–Crippen MR) is 98.5 cm³/mol. The maximum Gasteiger partial charge on any atom is 0.247 e. The topological polar surface area (TPSA) is 78.1 Å². The summed E-state index contributed by atoms with van der Waals surface area (Å²) in [5.74, 6) is 0.882. The molecule has 28 heavy (non-hydrogen) atoms. The van der Waals surface area contributed by atoms with Crippen LogP contribution in [0.3, 0.4) is 0 Å². The minimum atomic E-state index is -0.356. The lowest BCUT2D eigenvalue weighted by Gasteiger charge is -2.04. The van der Waals surface area contributed by atoms with E-state index in [-0.39, 0.29) is 29.8 Å². The van der Waals surface area contributed by atoms with Crippen molar-refractivity contribution in [2.75, 3.05) is 0 Å². The van der Waals surface area contributed by atoms with E-state index in [1.165, 1.54) is 30.5 Å². The van der Waals surface area contributed by atoms with Crippen molar-refractivity contribution in [3.63, 3.8) is 0 Å². The van der Waals surface area contributed by atoms with E-state index in [4.69, 9.17) is 9.15 Å². The molecule has 4 aromatic rings. The second-order valence-corrected chi connectivity index (χ2v) is 5.91. The number of hydrogen-bond acceptors (Lipinski definition) is 6. The van der Waals surface area contributed by atoms with E-state index >= 15 is 0 Å². The Morgan fingerprint density at radius 3 is 2.46 bits per heavy atom. The highest BCUT2D eigenvalue weighted by molar-refractivity contribution is 5.96. The van der Waals surface area contributed by atoms with Gasteiger partial charge in [-0.1, -0.05) is 18.2 Å². The molecule has 6 nitrogen and oxygen atoms in total. The maximum atomic E-state index is 13.0. The number of Topliss-reactive ketones (excluding diaryl/α,β-unsaturated/α-hetero) is 1. The van der Waals surface area contributed by atoms with E-state index in [9.17, 15) is 9.18 Å². The number of pyridine rings is 1. The molecule has 0 aliphatic carbocycles. The van der Waals surface area contributed by atoms with Gasteiger partial charge in [0, 0.05) is 23.4 Å². The monoisotopic (exact) mass is 375 g/mol. The van der Waals surface area contributed by atoms with Gasteiger partial charge in [0.1, 0.15) is 11.6 Å². The molecule has 2 aromatic carbocycles. The molecule has 138 valence electrons. The summed E-state index contributed by atoms with van der Waals surface area (Å²) in [4.78, 5) is 16.6. The quantitative estimate of drug-likeness (QED) is 0.462. The van der Waals surface area contributed by atoms with Crippen molar-refractivity contribution >= 4 is 5.78 Å². The smallest absolute Gasteiger partial charge is 0.247 e. The van der Waals surface area contributed by atoms with E-state index < -0.39 is 0 Å². The molecule has 0 saturated heterocycles. The molecule has 2 heterocycles. The Bertz CT molecular complexity index is 1080. The first-order chi connectivity index (χ1) is 13.7. The lowest BCUT2D eigenvalue weighted by molar-refractivity contribution is 0.0985. The summed E-state index contributed by atoms with van der Waals surface area (Å²) in [6.07, 6.45) is 1.38. The zero-order valence-corrected chi connectivity index (χ0v) is 14.6. The lowest BCUT2D eigenvalue weighted by atomic mass is 10.1. The number of carbonyl (C=O) groups is 1. The zero-order valence-electron chi connectivity index (χ0n) is 14.6. The van der Waals surface area contributed by atoms with Crippen LogP contribution in [0.5, 0.6) is 11.6 Å². The van der Waals surface area contributed by atoms with Crippen LogP contribution in [0, 0.1) is 5.82 Å². The number of aromatic nitrogens is 3. The molecular weight excluding hydrogens is 361 g/mol. The standard InChI is InChI=1S/C21H14FN3O3/c22-16-9-6-14(7-10-16)21-25-24-20(28-21)12-18(26)15-8-11-19(23-13-15)27-17-4-2-1-3-5-17/h1-11,13H,12H2. The summed E-state index contributed by atoms with van der Waals surface area (Å²) in [7, 11) is 0. The summed E-state index contributed by atoms with van der Waals surface area (Å²) >= 11 is 0. The van der Waals surface area contributed by atoms with E-state index in [2.05, 4.69) is 15.2 Å². The van der Waals surface area contributed by atoms with Crippen LogP contribution in [-0.4, -0.2) is 21.0 Å². The van der Waals surface area contributed by atoms with E-state index in [0.717, 1.165) is 0 Å². The third kappa shape index (κ3) is 4.09. The number of para-hydroxylation sites is 1. The molecule has 2 aromatic heterocycles. The third-order valence-electron chi connectivity index (χ3n) is 3.89. The number of rotatable bonds is 6. The van der Waals surface area contributed by atoms with Crippen LogP contribution >= 0.6 is 0 Å². The first kappa shape index (κ1) is 17.5. The zero-order chi connectivity index (χ0) is 19.3. The number of benzene rings is 2. The van der Waals surface area contributed by atoms with Crippen LogP contribution in [0.15, 0.2) is 77.3 Å². The lowest BCUT2D eigenvalue weighted by Crippen LogP contribution is -2.04. The third-order valence-corrected chi connectivity index (χ3v) is 3.89. The van der Waals surface area contributed by atoms with Crippen molar-refractivity contribution in [1.82, 2.24) is 15.2 Å². The molecule has 0 spiro atoms. The number of ether oxygens (including phenoxy) is 1. The summed E-state index contributed by atoms with van der Waals surface area (Å²) in [6, 6.07) is 18.2. The van der Waals surface area contributed by atoms with Gasteiger partial charge in [-0.15, -0.1) is 10.2 Å². The summed E-state index contributed by atoms with van der Waals surface area (Å²) < 4.78 is 24.1. The van der Waals surface area contributed by atoms with Gasteiger partial charge in [-0.2, -0.15) is 0 Å². The normalized spacial score (nSPS) is 10.6. The van der Waals surface area contributed by atoms with Crippen molar-refractivity contribution in [3.8, 4) is 23.1 Å². The second-order valence-electron chi connectivity index (χ2n) is 5.91. The fourth-order valence-corrected chi connectivity index (χ4v) is 2.49. The molecule has 0 N–H and O–H groups in total. The van der Waals surface area contributed by atoms with Crippen molar-refractivity contribution in [3.05, 3.63) is 90.2 Å². The molecule has 0 unspecified atom stereocenters. The van der Waals surface area contributed by atoms with Gasteiger partial charge < -0.3 is 9.15 Å². The molecule has 0 radical (unpaired) electrons. The molecule has 0 bridgehead atoms. The van der Waals surface area contributed by atoms with Crippen molar-refractivity contribution in [2.45, 2.75) is 6.42 Å². The highest BCUT2D eigenvalue weighted by atomic mass is 19.1. The fourth-order valence-electron chi connectivity index (χ4n) is 2.49. The molecule has 7 heteroatoms. The van der Waals surface area contributed by atoms with Gasteiger partial charge in [0.25, 0.3) is 0 Å². The van der Waals surface area contributed by atoms with Gasteiger partial charge in [0.05, 0.1) is 6.42 Å². The van der Waals surface area contributed by atoms with Crippen LogP contribution in [0.1, 0.15) is 16.2 Å². The van der Waals surface area contributed by atoms with Crippen LogP contribution in [-0.2, 0) is 6.42 Å². The average Bonchev–Trinajstić information content (AvgIpc) is 3.18. The van der Waals surface area contributed by atoms with Crippen LogP contribution in [0.4, 0.5) is 4.39 Å². The molecule has 0 fully saturated rings.